The van der Waals surface area contributed by atoms with Crippen molar-refractivity contribution in [2.45, 2.75) is 19.4 Å². The van der Waals surface area contributed by atoms with Gasteiger partial charge in [0.05, 0.1) is 15.9 Å². The standard InChI is InChI=1S/C15H14N2O2S/c1-15(2,14(18)19)17-11-7-4-3-6-10(11)16-13(17)12-8-5-9-20-12/h3-9H,1-2H3,(H,18,19). The van der Waals surface area contributed by atoms with E-state index in [1.165, 1.54) is 0 Å². The molecule has 2 heterocycles. The van der Waals surface area contributed by atoms with E-state index in [-0.39, 0.29) is 0 Å². The van der Waals surface area contributed by atoms with Crippen molar-refractivity contribution >= 4 is 28.3 Å². The van der Waals surface area contributed by atoms with Gasteiger partial charge in [0, 0.05) is 0 Å². The van der Waals surface area contributed by atoms with Crippen LogP contribution in [0, 0.1) is 0 Å². The van der Waals surface area contributed by atoms with E-state index in [0.29, 0.717) is 5.82 Å². The molecule has 0 aliphatic heterocycles. The van der Waals surface area contributed by atoms with Crippen LogP contribution in [0.15, 0.2) is 41.8 Å². The Morgan fingerprint density at radius 1 is 1.25 bits per heavy atom. The zero-order valence-corrected chi connectivity index (χ0v) is 12.0. The molecule has 20 heavy (non-hydrogen) atoms. The van der Waals surface area contributed by atoms with Gasteiger partial charge >= 0.3 is 5.97 Å². The van der Waals surface area contributed by atoms with Crippen molar-refractivity contribution in [3.05, 3.63) is 41.8 Å². The summed E-state index contributed by atoms with van der Waals surface area (Å²) < 4.78 is 1.80. The van der Waals surface area contributed by atoms with E-state index >= 15 is 0 Å². The molecule has 0 spiro atoms. The maximum atomic E-state index is 11.6. The smallest absolute Gasteiger partial charge is 0.329 e. The Morgan fingerprint density at radius 2 is 2.00 bits per heavy atom. The quantitative estimate of drug-likeness (QED) is 0.800. The molecule has 0 bridgehead atoms. The van der Waals surface area contributed by atoms with Crippen LogP contribution in [0.4, 0.5) is 0 Å². The minimum Gasteiger partial charge on any atom is -0.480 e. The number of aliphatic carboxylic acids is 1. The Balaban J connectivity index is 2.38. The number of thiophene rings is 1. The number of carboxylic acid groups (broad SMARTS) is 1. The maximum Gasteiger partial charge on any atom is 0.329 e. The molecule has 0 amide bonds. The molecule has 3 rings (SSSR count). The van der Waals surface area contributed by atoms with Crippen molar-refractivity contribution in [3.8, 4) is 10.7 Å². The van der Waals surface area contributed by atoms with Crippen LogP contribution in [-0.4, -0.2) is 20.6 Å². The first-order valence-corrected chi connectivity index (χ1v) is 7.15. The van der Waals surface area contributed by atoms with Gasteiger partial charge in [-0.1, -0.05) is 18.2 Å². The summed E-state index contributed by atoms with van der Waals surface area (Å²) in [7, 11) is 0. The highest BCUT2D eigenvalue weighted by Gasteiger charge is 2.33. The second-order valence-corrected chi connectivity index (χ2v) is 6.05. The number of aromatic nitrogens is 2. The highest BCUT2D eigenvalue weighted by molar-refractivity contribution is 7.13. The first-order chi connectivity index (χ1) is 9.51. The predicted octanol–water partition coefficient (Wildman–Crippen LogP) is 3.58. The molecule has 2 aromatic heterocycles. The molecule has 0 aliphatic carbocycles. The van der Waals surface area contributed by atoms with Crippen molar-refractivity contribution in [1.29, 1.82) is 0 Å². The first-order valence-electron chi connectivity index (χ1n) is 6.27. The van der Waals surface area contributed by atoms with Crippen LogP contribution in [0.25, 0.3) is 21.7 Å². The van der Waals surface area contributed by atoms with Gasteiger partial charge in [0.15, 0.2) is 5.82 Å². The van der Waals surface area contributed by atoms with E-state index in [2.05, 4.69) is 4.98 Å². The topological polar surface area (TPSA) is 55.1 Å². The summed E-state index contributed by atoms with van der Waals surface area (Å²) in [4.78, 5) is 17.2. The fourth-order valence-corrected chi connectivity index (χ4v) is 2.96. The number of fused-ring (bicyclic) bond motifs is 1. The lowest BCUT2D eigenvalue weighted by atomic mass is 10.1. The molecule has 0 atom stereocenters. The van der Waals surface area contributed by atoms with Crippen LogP contribution in [0.1, 0.15) is 13.8 Å². The Kier molecular flexibility index (Phi) is 2.87. The number of hydrogen-bond donors (Lipinski definition) is 1. The van der Waals surface area contributed by atoms with Gasteiger partial charge < -0.3 is 9.67 Å². The number of hydrogen-bond acceptors (Lipinski definition) is 3. The van der Waals surface area contributed by atoms with Crippen LogP contribution < -0.4 is 0 Å². The van der Waals surface area contributed by atoms with Crippen molar-refractivity contribution in [1.82, 2.24) is 9.55 Å². The average molecular weight is 286 g/mol. The summed E-state index contributed by atoms with van der Waals surface area (Å²) in [6.07, 6.45) is 0. The number of rotatable bonds is 3. The Labute approximate surface area is 120 Å². The maximum absolute atomic E-state index is 11.6. The molecular formula is C15H14N2O2S. The van der Waals surface area contributed by atoms with E-state index in [1.54, 1.807) is 29.8 Å². The molecule has 1 aromatic carbocycles. The molecular weight excluding hydrogens is 272 g/mol. The van der Waals surface area contributed by atoms with Gasteiger partial charge in [-0.15, -0.1) is 11.3 Å². The number of carbonyl (C=O) groups is 1. The number of imidazole rings is 1. The third-order valence-corrected chi connectivity index (χ3v) is 4.25. The lowest BCUT2D eigenvalue weighted by molar-refractivity contribution is -0.145. The highest BCUT2D eigenvalue weighted by atomic mass is 32.1. The van der Waals surface area contributed by atoms with E-state index < -0.39 is 11.5 Å². The predicted molar refractivity (Wildman–Crippen MR) is 80.0 cm³/mol. The molecule has 3 aromatic rings. The second-order valence-electron chi connectivity index (χ2n) is 5.10. The van der Waals surface area contributed by atoms with Gasteiger partial charge in [0.2, 0.25) is 0 Å². The van der Waals surface area contributed by atoms with Crippen molar-refractivity contribution < 1.29 is 9.90 Å². The highest BCUT2D eigenvalue weighted by Crippen LogP contribution is 2.33. The molecule has 5 heteroatoms. The first kappa shape index (κ1) is 12.9. The van der Waals surface area contributed by atoms with Gasteiger partial charge in [-0.2, -0.15) is 0 Å². The minimum atomic E-state index is -1.06. The molecule has 0 saturated carbocycles. The molecule has 102 valence electrons. The average Bonchev–Trinajstić information content (AvgIpc) is 3.05. The number of benzene rings is 1. The summed E-state index contributed by atoms with van der Waals surface area (Å²) in [6, 6.07) is 11.5. The van der Waals surface area contributed by atoms with Gasteiger partial charge in [-0.25, -0.2) is 9.78 Å². The summed E-state index contributed by atoms with van der Waals surface area (Å²) in [5.74, 6) is -0.174. The van der Waals surface area contributed by atoms with E-state index in [4.69, 9.17) is 0 Å². The summed E-state index contributed by atoms with van der Waals surface area (Å²) in [6.45, 7) is 3.39. The lowest BCUT2D eigenvalue weighted by Crippen LogP contribution is -2.36. The van der Waals surface area contributed by atoms with Crippen LogP contribution in [0.5, 0.6) is 0 Å². The van der Waals surface area contributed by atoms with E-state index in [1.807, 2.05) is 41.8 Å². The van der Waals surface area contributed by atoms with Crippen molar-refractivity contribution in [3.63, 3.8) is 0 Å². The minimum absolute atomic E-state index is 0.702. The molecule has 0 fully saturated rings. The van der Waals surface area contributed by atoms with Gasteiger partial charge in [0.25, 0.3) is 0 Å². The lowest BCUT2D eigenvalue weighted by Gasteiger charge is -2.24. The Hall–Kier alpha value is -2.14. The van der Waals surface area contributed by atoms with Gasteiger partial charge in [0.1, 0.15) is 5.54 Å². The number of nitrogens with zero attached hydrogens (tertiary/aromatic N) is 2. The van der Waals surface area contributed by atoms with Gasteiger partial charge in [-0.05, 0) is 37.4 Å². The van der Waals surface area contributed by atoms with Crippen molar-refractivity contribution in [2.75, 3.05) is 0 Å². The summed E-state index contributed by atoms with van der Waals surface area (Å²) in [5, 5.41) is 11.5. The van der Waals surface area contributed by atoms with Crippen LogP contribution in [0.3, 0.4) is 0 Å². The third-order valence-electron chi connectivity index (χ3n) is 3.38. The van der Waals surface area contributed by atoms with Crippen LogP contribution in [-0.2, 0) is 10.3 Å². The monoisotopic (exact) mass is 286 g/mol. The Bertz CT molecular complexity index is 772. The van der Waals surface area contributed by atoms with Gasteiger partial charge in [-0.3, -0.25) is 0 Å². The van der Waals surface area contributed by atoms with Crippen LogP contribution in [0.2, 0.25) is 0 Å². The largest absolute Gasteiger partial charge is 0.480 e. The number of carboxylic acids is 1. The Morgan fingerprint density at radius 3 is 2.65 bits per heavy atom. The third kappa shape index (κ3) is 1.82. The molecule has 0 saturated heterocycles. The molecule has 4 nitrogen and oxygen atoms in total. The summed E-state index contributed by atoms with van der Waals surface area (Å²) >= 11 is 1.56. The zero-order chi connectivity index (χ0) is 14.3. The van der Waals surface area contributed by atoms with Crippen LogP contribution >= 0.6 is 11.3 Å². The number of para-hydroxylation sites is 2. The fraction of sp³-hybridized carbons (Fsp3) is 0.200. The fourth-order valence-electron chi connectivity index (χ4n) is 2.26. The van der Waals surface area contributed by atoms with E-state index in [9.17, 15) is 9.90 Å². The summed E-state index contributed by atoms with van der Waals surface area (Å²) in [5.41, 5.74) is 0.587. The van der Waals surface area contributed by atoms with E-state index in [0.717, 1.165) is 15.9 Å². The molecule has 0 unspecified atom stereocenters. The zero-order valence-electron chi connectivity index (χ0n) is 11.2. The normalized spacial score (nSPS) is 11.9. The molecule has 0 aliphatic rings. The second kappa shape index (κ2) is 4.45. The molecule has 0 radical (unpaired) electrons. The SMILES string of the molecule is CC(C)(C(=O)O)n1c(-c2cccs2)nc2ccccc21. The molecule has 1 N–H and O–H groups in total. The van der Waals surface area contributed by atoms with Crippen molar-refractivity contribution in [2.24, 2.45) is 0 Å².